The topological polar surface area (TPSA) is 12.0 Å². The van der Waals surface area contributed by atoms with E-state index in [0.717, 1.165) is 0 Å². The van der Waals surface area contributed by atoms with Crippen LogP contribution in [0, 0.1) is 5.82 Å². The average molecular weight is 285 g/mol. The van der Waals surface area contributed by atoms with Crippen molar-refractivity contribution in [1.29, 1.82) is 0 Å². The van der Waals surface area contributed by atoms with E-state index in [1.165, 1.54) is 12.1 Å². The first-order chi connectivity index (χ1) is 9.42. The third kappa shape index (κ3) is 3.28. The number of nitrogens with one attached hydrogen (secondary N) is 1. The Bertz CT molecular complexity index is 592. The molecular weight excluding hydrogens is 270 g/mol. The van der Waals surface area contributed by atoms with E-state index in [0.29, 0.717) is 22.9 Å². The molecule has 0 bridgehead atoms. The summed E-state index contributed by atoms with van der Waals surface area (Å²) in [5, 5.41) is 3.68. The summed E-state index contributed by atoms with van der Waals surface area (Å²) in [6.45, 7) is 2.15. The van der Waals surface area contributed by atoms with Crippen LogP contribution in [0.1, 0.15) is 24.9 Å². The van der Waals surface area contributed by atoms with Gasteiger partial charge in [0.05, 0.1) is 6.42 Å². The number of alkyl halides is 3. The Kier molecular flexibility index (Phi) is 4.28. The van der Waals surface area contributed by atoms with E-state index in [1.54, 1.807) is 31.2 Å². The minimum absolute atomic E-state index is 0.343. The lowest BCUT2D eigenvalue weighted by atomic mass is 9.96. The quantitative estimate of drug-likeness (QED) is 0.811. The zero-order valence-electron chi connectivity index (χ0n) is 11.0. The molecule has 108 valence electrons. The Balaban J connectivity index is 2.51. The molecule has 0 heterocycles. The molecule has 0 aliphatic rings. The van der Waals surface area contributed by atoms with Gasteiger partial charge in [-0.2, -0.15) is 13.2 Å². The minimum atomic E-state index is -4.28. The van der Waals surface area contributed by atoms with Gasteiger partial charge < -0.3 is 5.32 Å². The van der Waals surface area contributed by atoms with E-state index >= 15 is 0 Å². The van der Waals surface area contributed by atoms with Gasteiger partial charge in [0.15, 0.2) is 0 Å². The maximum absolute atomic E-state index is 13.7. The van der Waals surface area contributed by atoms with Gasteiger partial charge in [0, 0.05) is 11.4 Å². The average Bonchev–Trinajstić information content (AvgIpc) is 2.37. The molecule has 0 aliphatic carbocycles. The highest BCUT2D eigenvalue weighted by molar-refractivity contribution is 5.86. The predicted octanol–water partition coefficient (Wildman–Crippen LogP) is 4.58. The molecular formula is C15H15F4N. The Morgan fingerprint density at radius 1 is 1.05 bits per heavy atom. The van der Waals surface area contributed by atoms with Crippen LogP contribution in [0.3, 0.4) is 0 Å². The molecule has 0 fully saturated rings. The molecule has 0 amide bonds. The standard InChI is InChI=1S/C15H15F4N/c1-2-20-14(9-15(17,18)19)12-7-8-13(16)11-6-4-3-5-10(11)12/h3-8,14,20H,2,9H2,1H3. The molecule has 20 heavy (non-hydrogen) atoms. The Hall–Kier alpha value is -1.62. The lowest BCUT2D eigenvalue weighted by molar-refractivity contribution is -0.140. The molecule has 0 aliphatic heterocycles. The van der Waals surface area contributed by atoms with Gasteiger partial charge in [-0.1, -0.05) is 37.3 Å². The summed E-state index contributed by atoms with van der Waals surface area (Å²) in [6, 6.07) is 8.36. The van der Waals surface area contributed by atoms with Crippen LogP contribution in [0.4, 0.5) is 17.6 Å². The molecule has 1 unspecified atom stereocenters. The van der Waals surface area contributed by atoms with E-state index in [4.69, 9.17) is 0 Å². The molecule has 0 saturated heterocycles. The van der Waals surface area contributed by atoms with E-state index in [9.17, 15) is 17.6 Å². The first kappa shape index (κ1) is 14.8. The molecule has 0 spiro atoms. The summed E-state index contributed by atoms with van der Waals surface area (Å²) in [6.07, 6.45) is -5.25. The van der Waals surface area contributed by atoms with E-state index < -0.39 is 24.5 Å². The van der Waals surface area contributed by atoms with Crippen molar-refractivity contribution in [2.75, 3.05) is 6.54 Å². The number of hydrogen-bond donors (Lipinski definition) is 1. The van der Waals surface area contributed by atoms with Crippen molar-refractivity contribution in [3.63, 3.8) is 0 Å². The second kappa shape index (κ2) is 5.79. The molecule has 0 aromatic heterocycles. The van der Waals surface area contributed by atoms with E-state index in [2.05, 4.69) is 5.32 Å². The van der Waals surface area contributed by atoms with Gasteiger partial charge in [0.2, 0.25) is 0 Å². The zero-order valence-corrected chi connectivity index (χ0v) is 11.0. The highest BCUT2D eigenvalue weighted by Crippen LogP contribution is 2.33. The van der Waals surface area contributed by atoms with E-state index in [1.807, 2.05) is 0 Å². The summed E-state index contributed by atoms with van der Waals surface area (Å²) in [7, 11) is 0. The minimum Gasteiger partial charge on any atom is -0.310 e. The van der Waals surface area contributed by atoms with Crippen molar-refractivity contribution in [3.05, 3.63) is 47.8 Å². The van der Waals surface area contributed by atoms with Gasteiger partial charge in [-0.05, 0) is 23.6 Å². The van der Waals surface area contributed by atoms with Crippen LogP contribution in [0.2, 0.25) is 0 Å². The fraction of sp³-hybridized carbons (Fsp3) is 0.333. The second-order valence-electron chi connectivity index (χ2n) is 4.61. The third-order valence-electron chi connectivity index (χ3n) is 3.17. The molecule has 0 saturated carbocycles. The van der Waals surface area contributed by atoms with Crippen molar-refractivity contribution >= 4 is 10.8 Å². The normalized spacial score (nSPS) is 13.7. The molecule has 0 radical (unpaired) electrons. The van der Waals surface area contributed by atoms with E-state index in [-0.39, 0.29) is 0 Å². The lowest BCUT2D eigenvalue weighted by Gasteiger charge is -2.21. The second-order valence-corrected chi connectivity index (χ2v) is 4.61. The lowest BCUT2D eigenvalue weighted by Crippen LogP contribution is -2.26. The zero-order chi connectivity index (χ0) is 14.8. The van der Waals surface area contributed by atoms with Crippen LogP contribution in [-0.4, -0.2) is 12.7 Å². The van der Waals surface area contributed by atoms with Crippen molar-refractivity contribution in [2.24, 2.45) is 0 Å². The smallest absolute Gasteiger partial charge is 0.310 e. The fourth-order valence-corrected chi connectivity index (χ4v) is 2.36. The van der Waals surface area contributed by atoms with Gasteiger partial charge in [0.25, 0.3) is 0 Å². The first-order valence-corrected chi connectivity index (χ1v) is 6.39. The number of halogens is 4. The first-order valence-electron chi connectivity index (χ1n) is 6.39. The monoisotopic (exact) mass is 285 g/mol. The molecule has 2 aromatic carbocycles. The van der Waals surface area contributed by atoms with Crippen molar-refractivity contribution in [2.45, 2.75) is 25.6 Å². The maximum atomic E-state index is 13.7. The fourth-order valence-electron chi connectivity index (χ4n) is 2.36. The summed E-state index contributed by atoms with van der Waals surface area (Å²) < 4.78 is 51.8. The highest BCUT2D eigenvalue weighted by Gasteiger charge is 2.33. The van der Waals surface area contributed by atoms with Crippen molar-refractivity contribution in [3.8, 4) is 0 Å². The van der Waals surface area contributed by atoms with Gasteiger partial charge in [0.1, 0.15) is 5.82 Å². The number of fused-ring (bicyclic) bond motifs is 1. The highest BCUT2D eigenvalue weighted by atomic mass is 19.4. The van der Waals surface area contributed by atoms with Gasteiger partial charge >= 0.3 is 6.18 Å². The van der Waals surface area contributed by atoms with Crippen LogP contribution in [0.5, 0.6) is 0 Å². The third-order valence-corrected chi connectivity index (χ3v) is 3.17. The van der Waals surface area contributed by atoms with Crippen LogP contribution < -0.4 is 5.32 Å². The molecule has 1 atom stereocenters. The molecule has 5 heteroatoms. The van der Waals surface area contributed by atoms with Crippen LogP contribution >= 0.6 is 0 Å². The number of benzene rings is 2. The Labute approximate surface area is 114 Å². The summed E-state index contributed by atoms with van der Waals surface area (Å²) >= 11 is 0. The SMILES string of the molecule is CCNC(CC(F)(F)F)c1ccc(F)c2ccccc12. The Morgan fingerprint density at radius 3 is 2.30 bits per heavy atom. The molecule has 2 aromatic rings. The Morgan fingerprint density at radius 2 is 1.70 bits per heavy atom. The van der Waals surface area contributed by atoms with Crippen molar-refractivity contribution in [1.82, 2.24) is 5.32 Å². The number of hydrogen-bond acceptors (Lipinski definition) is 1. The van der Waals surface area contributed by atoms with Gasteiger partial charge in [-0.25, -0.2) is 4.39 Å². The molecule has 2 rings (SSSR count). The predicted molar refractivity (Wildman–Crippen MR) is 71.0 cm³/mol. The summed E-state index contributed by atoms with van der Waals surface area (Å²) in [4.78, 5) is 0. The van der Waals surface area contributed by atoms with Crippen LogP contribution in [-0.2, 0) is 0 Å². The molecule has 1 N–H and O–H groups in total. The van der Waals surface area contributed by atoms with Crippen LogP contribution in [0.15, 0.2) is 36.4 Å². The largest absolute Gasteiger partial charge is 0.390 e. The number of rotatable bonds is 4. The maximum Gasteiger partial charge on any atom is 0.390 e. The summed E-state index contributed by atoms with van der Waals surface area (Å²) in [5.74, 6) is -0.424. The van der Waals surface area contributed by atoms with Crippen LogP contribution in [0.25, 0.3) is 10.8 Å². The van der Waals surface area contributed by atoms with Gasteiger partial charge in [-0.3, -0.25) is 0 Å². The summed E-state index contributed by atoms with van der Waals surface area (Å²) in [5.41, 5.74) is 0.473. The molecule has 1 nitrogen and oxygen atoms in total. The van der Waals surface area contributed by atoms with Gasteiger partial charge in [-0.15, -0.1) is 0 Å². The van der Waals surface area contributed by atoms with Crippen molar-refractivity contribution < 1.29 is 17.6 Å².